The predicted octanol–water partition coefficient (Wildman–Crippen LogP) is 4.94. The van der Waals surface area contributed by atoms with Crippen LogP contribution in [0, 0.1) is 0 Å². The molecule has 0 spiro atoms. The zero-order valence-corrected chi connectivity index (χ0v) is 20.5. The summed E-state index contributed by atoms with van der Waals surface area (Å²) >= 11 is 6.68. The van der Waals surface area contributed by atoms with Crippen molar-refractivity contribution in [3.8, 4) is 22.4 Å². The second-order valence-corrected chi connectivity index (χ2v) is 9.03. The quantitative estimate of drug-likeness (QED) is 0.438. The first-order chi connectivity index (χ1) is 17.0. The third-order valence-electron chi connectivity index (χ3n) is 6.66. The molecule has 7 nitrogen and oxygen atoms in total. The van der Waals surface area contributed by atoms with Crippen molar-refractivity contribution < 1.29 is 14.6 Å². The Morgan fingerprint density at radius 1 is 1.00 bits per heavy atom. The van der Waals surface area contributed by atoms with Gasteiger partial charge in [-0.2, -0.15) is 0 Å². The van der Waals surface area contributed by atoms with Crippen molar-refractivity contribution in [1.82, 2.24) is 14.5 Å². The van der Waals surface area contributed by atoms with Crippen LogP contribution in [0.15, 0.2) is 60.8 Å². The molecule has 1 amide bonds. The van der Waals surface area contributed by atoms with Gasteiger partial charge in [0.1, 0.15) is 5.65 Å². The number of nitrogens with zero attached hydrogens (tertiary/aromatic N) is 4. The topological polar surface area (TPSA) is 70.8 Å². The number of ether oxygens (including phenoxy) is 1. The highest BCUT2D eigenvalue weighted by atomic mass is 35.5. The Balaban J connectivity index is 1.53. The number of hydrogen-bond donors (Lipinski definition) is 1. The fourth-order valence-corrected chi connectivity index (χ4v) is 5.04. The molecule has 2 aromatic carbocycles. The third kappa shape index (κ3) is 4.22. The van der Waals surface area contributed by atoms with Gasteiger partial charge in [-0.05, 0) is 34.9 Å². The van der Waals surface area contributed by atoms with Gasteiger partial charge in [-0.25, -0.2) is 9.78 Å². The fourth-order valence-electron chi connectivity index (χ4n) is 4.81. The number of anilines is 1. The molecule has 35 heavy (non-hydrogen) atoms. The zero-order valence-electron chi connectivity index (χ0n) is 19.7. The molecule has 1 aliphatic heterocycles. The Labute approximate surface area is 209 Å². The van der Waals surface area contributed by atoms with Crippen molar-refractivity contribution in [2.45, 2.75) is 6.61 Å². The summed E-state index contributed by atoms with van der Waals surface area (Å²) in [6, 6.07) is 18.2. The number of methoxy groups -OCH3 is 1. The number of piperazine rings is 1. The molecule has 3 heterocycles. The maximum atomic E-state index is 11.8. The first-order valence-electron chi connectivity index (χ1n) is 11.5. The number of carbonyl (C=O) groups excluding carboxylic acids is 1. The van der Waals surface area contributed by atoms with Crippen LogP contribution in [0.2, 0.25) is 5.02 Å². The van der Waals surface area contributed by atoms with Crippen molar-refractivity contribution in [1.29, 1.82) is 0 Å². The van der Waals surface area contributed by atoms with Gasteiger partial charge in [-0.1, -0.05) is 48.0 Å². The highest BCUT2D eigenvalue weighted by Gasteiger charge is 2.23. The van der Waals surface area contributed by atoms with E-state index in [9.17, 15) is 9.90 Å². The molecule has 0 atom stereocenters. The zero-order chi connectivity index (χ0) is 24.5. The average molecular weight is 491 g/mol. The molecule has 0 saturated carbocycles. The first kappa shape index (κ1) is 23.2. The lowest BCUT2D eigenvalue weighted by Crippen LogP contribution is -2.48. The van der Waals surface area contributed by atoms with Gasteiger partial charge in [-0.3, -0.25) is 0 Å². The van der Waals surface area contributed by atoms with Crippen molar-refractivity contribution in [2.75, 3.05) is 38.2 Å². The lowest BCUT2D eigenvalue weighted by molar-refractivity contribution is 0.121. The van der Waals surface area contributed by atoms with E-state index in [0.29, 0.717) is 18.1 Å². The van der Waals surface area contributed by atoms with Gasteiger partial charge in [0.05, 0.1) is 24.4 Å². The molecule has 0 aliphatic carbocycles. The van der Waals surface area contributed by atoms with Crippen LogP contribution in [-0.4, -0.2) is 58.9 Å². The van der Waals surface area contributed by atoms with E-state index in [2.05, 4.69) is 38.7 Å². The Kier molecular flexibility index (Phi) is 6.36. The number of hydrogen-bond acceptors (Lipinski definition) is 5. The maximum absolute atomic E-state index is 11.8. The number of halogens is 1. The van der Waals surface area contributed by atoms with Crippen LogP contribution in [0.1, 0.15) is 5.56 Å². The van der Waals surface area contributed by atoms with Gasteiger partial charge in [0.25, 0.3) is 0 Å². The Bertz CT molecular complexity index is 1360. The average Bonchev–Trinajstić information content (AvgIpc) is 3.22. The van der Waals surface area contributed by atoms with Gasteiger partial charge in [0, 0.05) is 56.1 Å². The van der Waals surface area contributed by atoms with E-state index >= 15 is 0 Å². The normalized spacial score (nSPS) is 13.9. The van der Waals surface area contributed by atoms with E-state index in [1.165, 1.54) is 7.11 Å². The number of pyridine rings is 1. The van der Waals surface area contributed by atoms with Gasteiger partial charge in [-0.15, -0.1) is 0 Å². The molecule has 1 N–H and O–H groups in total. The largest absolute Gasteiger partial charge is 0.453 e. The minimum absolute atomic E-state index is 0.000335. The summed E-state index contributed by atoms with van der Waals surface area (Å²) in [5, 5.41) is 11.0. The van der Waals surface area contributed by atoms with E-state index < -0.39 is 0 Å². The lowest BCUT2D eigenvalue weighted by Gasteiger charge is -2.35. The van der Waals surface area contributed by atoms with Crippen LogP contribution < -0.4 is 4.90 Å². The number of aryl methyl sites for hydroxylation is 1. The van der Waals surface area contributed by atoms with Crippen LogP contribution in [0.25, 0.3) is 33.4 Å². The summed E-state index contributed by atoms with van der Waals surface area (Å²) in [6.45, 7) is 2.78. The van der Waals surface area contributed by atoms with Gasteiger partial charge < -0.3 is 24.2 Å². The van der Waals surface area contributed by atoms with Gasteiger partial charge >= 0.3 is 6.09 Å². The SMILES string of the molecule is COC(=O)N1CCN(c2ccc(-c3c(-c4ccc(CO)cc4)c4c(Cl)ccnc4n3C)cc2)CC1. The number of aliphatic hydroxyl groups is 1. The Morgan fingerprint density at radius 3 is 2.29 bits per heavy atom. The number of amides is 1. The van der Waals surface area contributed by atoms with Crippen LogP contribution in [-0.2, 0) is 18.4 Å². The maximum Gasteiger partial charge on any atom is 0.409 e. The first-order valence-corrected chi connectivity index (χ1v) is 11.9. The third-order valence-corrected chi connectivity index (χ3v) is 6.98. The van der Waals surface area contributed by atoms with E-state index in [1.54, 1.807) is 11.1 Å². The molecular weight excluding hydrogens is 464 g/mol. The minimum Gasteiger partial charge on any atom is -0.453 e. The van der Waals surface area contributed by atoms with Gasteiger partial charge in [0.2, 0.25) is 0 Å². The molecule has 1 fully saturated rings. The van der Waals surface area contributed by atoms with Crippen molar-refractivity contribution in [3.63, 3.8) is 0 Å². The Hall–Kier alpha value is -3.55. The van der Waals surface area contributed by atoms with Crippen molar-refractivity contribution in [2.24, 2.45) is 7.05 Å². The van der Waals surface area contributed by atoms with Gasteiger partial charge in [0.15, 0.2) is 0 Å². The second kappa shape index (κ2) is 9.60. The summed E-state index contributed by atoms with van der Waals surface area (Å²) in [6.07, 6.45) is 1.45. The Morgan fingerprint density at radius 2 is 1.66 bits per heavy atom. The summed E-state index contributed by atoms with van der Waals surface area (Å²) < 4.78 is 6.92. The number of benzene rings is 2. The smallest absolute Gasteiger partial charge is 0.409 e. The second-order valence-electron chi connectivity index (χ2n) is 8.62. The van der Waals surface area contributed by atoms with E-state index in [-0.39, 0.29) is 12.7 Å². The summed E-state index contributed by atoms with van der Waals surface area (Å²) in [4.78, 5) is 20.4. The molecular formula is C27H27ClN4O3. The molecule has 180 valence electrons. The minimum atomic E-state index is -0.275. The molecule has 1 saturated heterocycles. The molecule has 8 heteroatoms. The lowest BCUT2D eigenvalue weighted by atomic mass is 9.97. The molecule has 0 unspecified atom stereocenters. The van der Waals surface area contributed by atoms with Crippen LogP contribution in [0.3, 0.4) is 0 Å². The van der Waals surface area contributed by atoms with Crippen LogP contribution >= 0.6 is 11.6 Å². The standard InChI is InChI=1S/C27H27ClN4O3/c1-30-25(20-7-9-21(10-8-20)31-13-15-32(16-14-31)27(34)35-2)23(19-5-3-18(17-33)4-6-19)24-22(28)11-12-29-26(24)30/h3-12,33H,13-17H2,1-2H3. The fraction of sp³-hybridized carbons (Fsp3) is 0.259. The molecule has 4 aromatic rings. The summed E-state index contributed by atoms with van der Waals surface area (Å²) in [7, 11) is 3.42. The molecule has 5 rings (SSSR count). The molecule has 1 aliphatic rings. The van der Waals surface area contributed by atoms with Crippen molar-refractivity contribution >= 4 is 34.4 Å². The number of aliphatic hydroxyl groups excluding tert-OH is 1. The summed E-state index contributed by atoms with van der Waals surface area (Å²) in [5.74, 6) is 0. The number of carbonyl (C=O) groups is 1. The number of aromatic nitrogens is 2. The molecule has 0 bridgehead atoms. The van der Waals surface area contributed by atoms with Crippen molar-refractivity contribution in [3.05, 3.63) is 71.4 Å². The van der Waals surface area contributed by atoms with E-state index in [1.807, 2.05) is 37.4 Å². The van der Waals surface area contributed by atoms with E-state index in [0.717, 1.165) is 57.8 Å². The number of rotatable bonds is 4. The highest BCUT2D eigenvalue weighted by Crippen LogP contribution is 2.42. The predicted molar refractivity (Wildman–Crippen MR) is 139 cm³/mol. The van der Waals surface area contributed by atoms with Crippen LogP contribution in [0.4, 0.5) is 10.5 Å². The molecule has 2 aromatic heterocycles. The monoisotopic (exact) mass is 490 g/mol. The van der Waals surface area contributed by atoms with Crippen LogP contribution in [0.5, 0.6) is 0 Å². The molecule has 0 radical (unpaired) electrons. The number of fused-ring (bicyclic) bond motifs is 1. The summed E-state index contributed by atoms with van der Waals surface area (Å²) in [5.41, 5.74) is 6.90. The highest BCUT2D eigenvalue weighted by molar-refractivity contribution is 6.37. The van der Waals surface area contributed by atoms with E-state index in [4.69, 9.17) is 16.3 Å².